The van der Waals surface area contributed by atoms with Crippen molar-refractivity contribution in [2.24, 2.45) is 0 Å². The molecule has 0 radical (unpaired) electrons. The fourth-order valence-corrected chi connectivity index (χ4v) is 2.54. The van der Waals surface area contributed by atoms with E-state index in [0.29, 0.717) is 0 Å². The Morgan fingerprint density at radius 3 is 2.48 bits per heavy atom. The van der Waals surface area contributed by atoms with Gasteiger partial charge in [-0.2, -0.15) is 0 Å². The Hall–Kier alpha value is -2.10. The zero-order chi connectivity index (χ0) is 15.4. The summed E-state index contributed by atoms with van der Waals surface area (Å²) in [5, 5.41) is 3.52. The van der Waals surface area contributed by atoms with Gasteiger partial charge >= 0.3 is 0 Å². The van der Waals surface area contributed by atoms with Crippen molar-refractivity contribution in [3.8, 4) is 5.69 Å². The number of imidazole rings is 1. The second-order valence-electron chi connectivity index (χ2n) is 5.60. The first-order valence-electron chi connectivity index (χ1n) is 7.57. The first-order chi connectivity index (χ1) is 10.7. The third-order valence-electron chi connectivity index (χ3n) is 4.10. The van der Waals surface area contributed by atoms with Crippen LogP contribution >= 0.6 is 12.4 Å². The lowest BCUT2D eigenvalue weighted by atomic mass is 10.0. The van der Waals surface area contributed by atoms with Gasteiger partial charge in [0.15, 0.2) is 0 Å². The lowest BCUT2D eigenvalue weighted by molar-refractivity contribution is 0.690. The van der Waals surface area contributed by atoms with Crippen LogP contribution in [-0.2, 0) is 13.1 Å². The molecule has 3 nitrogen and oxygen atoms in total. The number of benzene rings is 2. The highest BCUT2D eigenvalue weighted by Crippen LogP contribution is 2.13. The maximum Gasteiger partial charge on any atom is 0.0991 e. The zero-order valence-electron chi connectivity index (χ0n) is 13.5. The van der Waals surface area contributed by atoms with Crippen LogP contribution < -0.4 is 5.32 Å². The van der Waals surface area contributed by atoms with Crippen LogP contribution in [0.4, 0.5) is 0 Å². The van der Waals surface area contributed by atoms with E-state index in [4.69, 9.17) is 0 Å². The predicted octanol–water partition coefficient (Wildman–Crippen LogP) is 4.20. The maximum atomic E-state index is 4.07. The molecular weight excluding hydrogens is 306 g/mol. The van der Waals surface area contributed by atoms with Gasteiger partial charge in [-0.25, -0.2) is 4.98 Å². The lowest BCUT2D eigenvalue weighted by Crippen LogP contribution is -2.13. The quantitative estimate of drug-likeness (QED) is 0.761. The van der Waals surface area contributed by atoms with Crippen LogP contribution in [0, 0.1) is 13.8 Å². The van der Waals surface area contributed by atoms with Gasteiger partial charge in [0.25, 0.3) is 0 Å². The van der Waals surface area contributed by atoms with Crippen molar-refractivity contribution < 1.29 is 0 Å². The van der Waals surface area contributed by atoms with Crippen LogP contribution in [-0.4, -0.2) is 9.55 Å². The normalized spacial score (nSPS) is 10.3. The van der Waals surface area contributed by atoms with Gasteiger partial charge in [-0.1, -0.05) is 30.3 Å². The number of rotatable bonds is 5. The summed E-state index contributed by atoms with van der Waals surface area (Å²) in [6.07, 6.45) is 5.56. The average Bonchev–Trinajstić information content (AvgIpc) is 3.07. The molecule has 1 heterocycles. The summed E-state index contributed by atoms with van der Waals surface area (Å²) in [6, 6.07) is 15.0. The second-order valence-corrected chi connectivity index (χ2v) is 5.60. The second kappa shape index (κ2) is 7.95. The molecule has 0 aliphatic carbocycles. The first kappa shape index (κ1) is 17.3. The summed E-state index contributed by atoms with van der Waals surface area (Å²) in [5.74, 6) is 0. The number of halogens is 1. The van der Waals surface area contributed by atoms with Crippen molar-refractivity contribution in [2.45, 2.75) is 26.9 Å². The van der Waals surface area contributed by atoms with Crippen LogP contribution in [0.15, 0.2) is 61.2 Å². The zero-order valence-corrected chi connectivity index (χ0v) is 14.3. The Kier molecular flexibility index (Phi) is 5.97. The Labute approximate surface area is 143 Å². The fraction of sp³-hybridized carbons (Fsp3) is 0.211. The number of hydrogen-bond acceptors (Lipinski definition) is 2. The molecule has 3 aromatic rings. The van der Waals surface area contributed by atoms with Crippen molar-refractivity contribution in [3.05, 3.63) is 83.4 Å². The van der Waals surface area contributed by atoms with Gasteiger partial charge in [0, 0.05) is 31.2 Å². The third-order valence-corrected chi connectivity index (χ3v) is 4.10. The van der Waals surface area contributed by atoms with Crippen molar-refractivity contribution in [2.75, 3.05) is 0 Å². The number of hydrogen-bond donors (Lipinski definition) is 1. The van der Waals surface area contributed by atoms with Gasteiger partial charge in [-0.15, -0.1) is 12.4 Å². The largest absolute Gasteiger partial charge is 0.309 e. The summed E-state index contributed by atoms with van der Waals surface area (Å²) >= 11 is 0. The minimum Gasteiger partial charge on any atom is -0.309 e. The maximum absolute atomic E-state index is 4.07. The Morgan fingerprint density at radius 1 is 1.00 bits per heavy atom. The molecule has 2 aromatic carbocycles. The summed E-state index contributed by atoms with van der Waals surface area (Å²) in [5.41, 5.74) is 6.52. The highest BCUT2D eigenvalue weighted by atomic mass is 35.5. The number of aromatic nitrogens is 2. The van der Waals surface area contributed by atoms with Gasteiger partial charge in [0.2, 0.25) is 0 Å². The SMILES string of the molecule is Cc1cccc(CNCc2ccc(-n3ccnc3)cc2)c1C.Cl. The molecule has 3 rings (SSSR count). The Morgan fingerprint density at radius 2 is 1.78 bits per heavy atom. The van der Waals surface area contributed by atoms with E-state index < -0.39 is 0 Å². The number of aryl methyl sites for hydroxylation is 1. The van der Waals surface area contributed by atoms with E-state index in [2.05, 4.69) is 66.6 Å². The van der Waals surface area contributed by atoms with E-state index >= 15 is 0 Å². The molecule has 1 aromatic heterocycles. The number of nitrogens with zero attached hydrogens (tertiary/aromatic N) is 2. The molecule has 23 heavy (non-hydrogen) atoms. The molecule has 0 unspecified atom stereocenters. The van der Waals surface area contributed by atoms with E-state index in [0.717, 1.165) is 18.8 Å². The molecule has 0 aliphatic heterocycles. The Balaban J connectivity index is 0.00000192. The van der Waals surface area contributed by atoms with Crippen LogP contribution in [0.25, 0.3) is 5.69 Å². The summed E-state index contributed by atoms with van der Waals surface area (Å²) in [7, 11) is 0. The fourth-order valence-electron chi connectivity index (χ4n) is 2.54. The summed E-state index contributed by atoms with van der Waals surface area (Å²) in [4.78, 5) is 4.07. The molecule has 1 N–H and O–H groups in total. The standard InChI is InChI=1S/C19H21N3.ClH/c1-15-4-3-5-18(16(15)2)13-21-12-17-6-8-19(9-7-17)22-11-10-20-14-22;/h3-11,14,21H,12-13H2,1-2H3;1H. The molecule has 120 valence electrons. The van der Waals surface area contributed by atoms with Gasteiger partial charge < -0.3 is 9.88 Å². The molecule has 0 spiro atoms. The topological polar surface area (TPSA) is 29.9 Å². The molecule has 0 saturated carbocycles. The monoisotopic (exact) mass is 327 g/mol. The van der Waals surface area contributed by atoms with Crippen LogP contribution in [0.3, 0.4) is 0 Å². The van der Waals surface area contributed by atoms with Crippen LogP contribution in [0.2, 0.25) is 0 Å². The van der Waals surface area contributed by atoms with Crippen molar-refractivity contribution in [1.29, 1.82) is 0 Å². The van der Waals surface area contributed by atoms with Gasteiger partial charge in [-0.05, 0) is 48.2 Å². The van der Waals surface area contributed by atoms with Gasteiger partial charge in [0.05, 0.1) is 6.33 Å². The molecule has 0 amide bonds. The average molecular weight is 328 g/mol. The van der Waals surface area contributed by atoms with Crippen LogP contribution in [0.1, 0.15) is 22.3 Å². The lowest BCUT2D eigenvalue weighted by Gasteiger charge is -2.10. The predicted molar refractivity (Wildman–Crippen MR) is 97.3 cm³/mol. The van der Waals surface area contributed by atoms with Gasteiger partial charge in [-0.3, -0.25) is 0 Å². The van der Waals surface area contributed by atoms with E-state index in [1.54, 1.807) is 6.20 Å². The summed E-state index contributed by atoms with van der Waals surface area (Å²) in [6.45, 7) is 6.12. The molecule has 0 aliphatic rings. The van der Waals surface area contributed by atoms with Crippen molar-refractivity contribution >= 4 is 12.4 Å². The molecule has 0 atom stereocenters. The van der Waals surface area contributed by atoms with Crippen LogP contribution in [0.5, 0.6) is 0 Å². The molecule has 0 bridgehead atoms. The van der Waals surface area contributed by atoms with Crippen molar-refractivity contribution in [3.63, 3.8) is 0 Å². The van der Waals surface area contributed by atoms with E-state index in [1.807, 2.05) is 17.1 Å². The Bertz CT molecular complexity index is 734. The van der Waals surface area contributed by atoms with E-state index in [1.165, 1.54) is 22.3 Å². The smallest absolute Gasteiger partial charge is 0.0991 e. The highest BCUT2D eigenvalue weighted by Gasteiger charge is 2.01. The first-order valence-corrected chi connectivity index (χ1v) is 7.57. The van der Waals surface area contributed by atoms with Crippen molar-refractivity contribution in [1.82, 2.24) is 14.9 Å². The minimum atomic E-state index is 0. The highest BCUT2D eigenvalue weighted by molar-refractivity contribution is 5.85. The molecular formula is C19H22ClN3. The van der Waals surface area contributed by atoms with E-state index in [9.17, 15) is 0 Å². The molecule has 4 heteroatoms. The minimum absolute atomic E-state index is 0. The number of nitrogens with one attached hydrogen (secondary N) is 1. The van der Waals surface area contributed by atoms with Gasteiger partial charge in [0.1, 0.15) is 0 Å². The molecule has 0 saturated heterocycles. The third kappa shape index (κ3) is 4.21. The summed E-state index contributed by atoms with van der Waals surface area (Å²) < 4.78 is 2.01. The van der Waals surface area contributed by atoms with E-state index in [-0.39, 0.29) is 12.4 Å². The molecule has 0 fully saturated rings.